The zero-order valence-electron chi connectivity index (χ0n) is 7.70. The van der Waals surface area contributed by atoms with Crippen molar-refractivity contribution in [3.8, 4) is 0 Å². The third-order valence-electron chi connectivity index (χ3n) is 2.44. The van der Waals surface area contributed by atoms with E-state index in [0.29, 0.717) is 5.69 Å². The van der Waals surface area contributed by atoms with Crippen molar-refractivity contribution >= 4 is 11.6 Å². The number of aliphatic hydroxyl groups excluding tert-OH is 1. The van der Waals surface area contributed by atoms with E-state index in [1.54, 1.807) is 6.07 Å². The molecular formula is C10H10FNO2. The summed E-state index contributed by atoms with van der Waals surface area (Å²) < 4.78 is 12.9. The molecule has 1 aromatic rings. The van der Waals surface area contributed by atoms with Crippen LogP contribution in [0.2, 0.25) is 0 Å². The number of carbonyl (C=O) groups is 1. The van der Waals surface area contributed by atoms with Crippen molar-refractivity contribution in [2.45, 2.75) is 12.5 Å². The Morgan fingerprint density at radius 2 is 2.29 bits per heavy atom. The molecule has 1 N–H and O–H groups in total. The molecule has 0 fully saturated rings. The molecule has 1 aromatic carbocycles. The predicted molar refractivity (Wildman–Crippen MR) is 49.5 cm³/mol. The highest BCUT2D eigenvalue weighted by Gasteiger charge is 2.28. The maximum absolute atomic E-state index is 12.9. The Kier molecular flexibility index (Phi) is 2.00. The van der Waals surface area contributed by atoms with Gasteiger partial charge in [-0.25, -0.2) is 4.39 Å². The molecule has 1 unspecified atom stereocenters. The third-order valence-corrected chi connectivity index (χ3v) is 2.44. The summed E-state index contributed by atoms with van der Waals surface area (Å²) in [5, 5.41) is 9.38. The van der Waals surface area contributed by atoms with Gasteiger partial charge in [-0.15, -0.1) is 0 Å². The van der Waals surface area contributed by atoms with Crippen molar-refractivity contribution in [3.05, 3.63) is 29.6 Å². The maximum Gasteiger partial charge on any atom is 0.255 e. The van der Waals surface area contributed by atoms with Crippen LogP contribution in [-0.4, -0.2) is 24.2 Å². The van der Waals surface area contributed by atoms with Gasteiger partial charge in [-0.2, -0.15) is 0 Å². The Hall–Kier alpha value is -1.42. The van der Waals surface area contributed by atoms with Crippen LogP contribution in [0.4, 0.5) is 10.1 Å². The molecule has 3 nitrogen and oxygen atoms in total. The lowest BCUT2D eigenvalue weighted by Gasteiger charge is -2.28. The number of rotatable bonds is 0. The summed E-state index contributed by atoms with van der Waals surface area (Å²) in [6.07, 6.45) is -0.739. The summed E-state index contributed by atoms with van der Waals surface area (Å²) in [5.41, 5.74) is 1.33. The summed E-state index contributed by atoms with van der Waals surface area (Å²) in [6.45, 7) is 0. The van der Waals surface area contributed by atoms with E-state index in [1.165, 1.54) is 24.1 Å². The minimum Gasteiger partial charge on any atom is -0.383 e. The van der Waals surface area contributed by atoms with E-state index >= 15 is 0 Å². The first-order valence-corrected chi connectivity index (χ1v) is 4.33. The number of aliphatic hydroxyl groups is 1. The van der Waals surface area contributed by atoms with Crippen LogP contribution in [0.5, 0.6) is 0 Å². The van der Waals surface area contributed by atoms with Gasteiger partial charge in [0, 0.05) is 19.2 Å². The summed E-state index contributed by atoms with van der Waals surface area (Å²) in [6, 6.07) is 4.23. The van der Waals surface area contributed by atoms with Crippen LogP contribution < -0.4 is 4.90 Å². The van der Waals surface area contributed by atoms with Crippen LogP contribution in [-0.2, 0) is 11.2 Å². The second-order valence-corrected chi connectivity index (χ2v) is 3.39. The van der Waals surface area contributed by atoms with Gasteiger partial charge in [0.25, 0.3) is 5.91 Å². The standard InChI is InChI=1S/C10H10FNO2/c1-12-8-5-7(11)3-2-6(8)4-9(13)10(12)14/h2-3,5,9,13H,4H2,1H3. The van der Waals surface area contributed by atoms with Crippen molar-refractivity contribution in [1.82, 2.24) is 0 Å². The van der Waals surface area contributed by atoms with Crippen LogP contribution in [0.25, 0.3) is 0 Å². The molecule has 0 aromatic heterocycles. The van der Waals surface area contributed by atoms with Gasteiger partial charge in [0.2, 0.25) is 0 Å². The van der Waals surface area contributed by atoms with Gasteiger partial charge in [0.1, 0.15) is 11.9 Å². The highest BCUT2D eigenvalue weighted by molar-refractivity contribution is 5.98. The Morgan fingerprint density at radius 1 is 1.57 bits per heavy atom. The molecule has 1 aliphatic rings. The number of fused-ring (bicyclic) bond motifs is 1. The highest BCUT2D eigenvalue weighted by atomic mass is 19.1. The van der Waals surface area contributed by atoms with Crippen LogP contribution in [0.3, 0.4) is 0 Å². The Morgan fingerprint density at radius 3 is 3.00 bits per heavy atom. The van der Waals surface area contributed by atoms with Gasteiger partial charge in [-0.3, -0.25) is 4.79 Å². The second kappa shape index (κ2) is 3.06. The van der Waals surface area contributed by atoms with E-state index in [2.05, 4.69) is 0 Å². The van der Waals surface area contributed by atoms with Crippen LogP contribution in [0.15, 0.2) is 18.2 Å². The molecule has 0 saturated heterocycles. The van der Waals surface area contributed by atoms with E-state index in [1.807, 2.05) is 0 Å². The van der Waals surface area contributed by atoms with Crippen molar-refractivity contribution in [2.24, 2.45) is 0 Å². The molecule has 1 heterocycles. The highest BCUT2D eigenvalue weighted by Crippen LogP contribution is 2.27. The summed E-state index contributed by atoms with van der Waals surface area (Å²) in [5.74, 6) is -0.761. The first-order valence-electron chi connectivity index (χ1n) is 4.33. The summed E-state index contributed by atoms with van der Waals surface area (Å²) in [4.78, 5) is 12.6. The van der Waals surface area contributed by atoms with Crippen molar-refractivity contribution in [1.29, 1.82) is 0 Å². The second-order valence-electron chi connectivity index (χ2n) is 3.39. The van der Waals surface area contributed by atoms with E-state index in [-0.39, 0.29) is 18.1 Å². The molecule has 0 saturated carbocycles. The van der Waals surface area contributed by atoms with Gasteiger partial charge in [0.05, 0.1) is 0 Å². The Labute approximate surface area is 80.8 Å². The molecule has 2 rings (SSSR count). The first kappa shape index (κ1) is 9.15. The van der Waals surface area contributed by atoms with Gasteiger partial charge in [-0.1, -0.05) is 6.07 Å². The number of carbonyl (C=O) groups excluding carboxylic acids is 1. The quantitative estimate of drug-likeness (QED) is 0.662. The van der Waals surface area contributed by atoms with Crippen molar-refractivity contribution in [3.63, 3.8) is 0 Å². The average molecular weight is 195 g/mol. The topological polar surface area (TPSA) is 40.5 Å². The van der Waals surface area contributed by atoms with E-state index in [9.17, 15) is 14.3 Å². The third kappa shape index (κ3) is 1.28. The molecule has 0 radical (unpaired) electrons. The summed E-state index contributed by atoms with van der Waals surface area (Å²) >= 11 is 0. The predicted octanol–water partition coefficient (Wildman–Crippen LogP) is 0.705. The lowest BCUT2D eigenvalue weighted by Crippen LogP contribution is -2.42. The van der Waals surface area contributed by atoms with Gasteiger partial charge in [0.15, 0.2) is 0 Å². The molecule has 0 spiro atoms. The number of hydrogen-bond acceptors (Lipinski definition) is 2. The Bertz CT molecular complexity index is 392. The maximum atomic E-state index is 12.9. The molecule has 1 amide bonds. The van der Waals surface area contributed by atoms with Crippen LogP contribution >= 0.6 is 0 Å². The molecule has 0 aliphatic carbocycles. The number of likely N-dealkylation sites (N-methyl/N-ethyl adjacent to an activating group) is 1. The van der Waals surface area contributed by atoms with Crippen molar-refractivity contribution in [2.75, 3.05) is 11.9 Å². The zero-order valence-corrected chi connectivity index (χ0v) is 7.70. The smallest absolute Gasteiger partial charge is 0.255 e. The largest absolute Gasteiger partial charge is 0.383 e. The van der Waals surface area contributed by atoms with Gasteiger partial charge < -0.3 is 10.0 Å². The molecule has 1 atom stereocenters. The number of halogens is 1. The minimum absolute atomic E-state index is 0.263. The molecule has 1 aliphatic heterocycles. The fourth-order valence-electron chi connectivity index (χ4n) is 1.66. The van der Waals surface area contributed by atoms with E-state index in [4.69, 9.17) is 0 Å². The molecule has 74 valence electrons. The lowest BCUT2D eigenvalue weighted by atomic mass is 9.99. The fourth-order valence-corrected chi connectivity index (χ4v) is 1.66. The minimum atomic E-state index is -1.00. The SMILES string of the molecule is CN1C(=O)C(O)Cc2ccc(F)cc21. The van der Waals surface area contributed by atoms with Crippen LogP contribution in [0.1, 0.15) is 5.56 Å². The molecular weight excluding hydrogens is 185 g/mol. The number of nitrogens with zero attached hydrogens (tertiary/aromatic N) is 1. The Balaban J connectivity index is 2.51. The zero-order chi connectivity index (χ0) is 10.3. The first-order chi connectivity index (χ1) is 6.59. The molecule has 4 heteroatoms. The van der Waals surface area contributed by atoms with Gasteiger partial charge >= 0.3 is 0 Å². The van der Waals surface area contributed by atoms with E-state index < -0.39 is 6.10 Å². The summed E-state index contributed by atoms with van der Waals surface area (Å²) in [7, 11) is 1.53. The van der Waals surface area contributed by atoms with E-state index in [0.717, 1.165) is 5.56 Å². The number of benzene rings is 1. The number of hydrogen-bond donors (Lipinski definition) is 1. The lowest BCUT2D eigenvalue weighted by molar-refractivity contribution is -0.126. The molecule has 0 bridgehead atoms. The fraction of sp³-hybridized carbons (Fsp3) is 0.300. The normalized spacial score (nSPS) is 20.9. The average Bonchev–Trinajstić information content (AvgIpc) is 2.16. The molecule has 14 heavy (non-hydrogen) atoms. The van der Waals surface area contributed by atoms with Crippen LogP contribution in [0, 0.1) is 5.82 Å². The number of amides is 1. The monoisotopic (exact) mass is 195 g/mol. The van der Waals surface area contributed by atoms with Crippen molar-refractivity contribution < 1.29 is 14.3 Å². The van der Waals surface area contributed by atoms with Gasteiger partial charge in [-0.05, 0) is 17.7 Å². The number of anilines is 1.